The number of nitrogen functional groups attached to an aromatic ring is 1. The fourth-order valence-corrected chi connectivity index (χ4v) is 4.19. The van der Waals surface area contributed by atoms with E-state index in [1.165, 1.54) is 6.07 Å². The maximum atomic E-state index is 12.8. The Bertz CT molecular complexity index is 1360. The minimum atomic E-state index is -0.347. The molecule has 3 aromatic rings. The van der Waals surface area contributed by atoms with Gasteiger partial charge in [0.2, 0.25) is 0 Å². The van der Waals surface area contributed by atoms with Crippen molar-refractivity contribution in [2.45, 2.75) is 12.8 Å². The van der Waals surface area contributed by atoms with Crippen LogP contribution < -0.4 is 27.0 Å². The van der Waals surface area contributed by atoms with Gasteiger partial charge in [0.1, 0.15) is 11.7 Å². The monoisotopic (exact) mass is 495 g/mol. The van der Waals surface area contributed by atoms with Gasteiger partial charge in [-0.1, -0.05) is 0 Å². The van der Waals surface area contributed by atoms with E-state index in [9.17, 15) is 9.59 Å². The van der Waals surface area contributed by atoms with Gasteiger partial charge in [0, 0.05) is 59.9 Å². The number of nitrogens with two attached hydrogens (primary N) is 1. The third-order valence-electron chi connectivity index (χ3n) is 6.19. The van der Waals surface area contributed by atoms with E-state index in [-0.39, 0.29) is 17.5 Å². The maximum Gasteiger partial charge on any atom is 0.257 e. The summed E-state index contributed by atoms with van der Waals surface area (Å²) in [5.41, 5.74) is 10.3. The van der Waals surface area contributed by atoms with Gasteiger partial charge in [-0.2, -0.15) is 0 Å². The molecule has 2 aliphatic heterocycles. The lowest BCUT2D eigenvalue weighted by Gasteiger charge is -2.15. The number of nitrogens with one attached hydrogen (secondary N) is 4. The fourth-order valence-electron chi connectivity index (χ4n) is 4.19. The Morgan fingerprint density at radius 1 is 0.703 bits per heavy atom. The van der Waals surface area contributed by atoms with E-state index in [1.54, 1.807) is 12.1 Å². The lowest BCUT2D eigenvalue weighted by molar-refractivity contribution is 0.101. The summed E-state index contributed by atoms with van der Waals surface area (Å²) in [5.74, 6) is 1.08. The molecule has 5 rings (SSSR count). The SMILES string of the molecule is Nc1cc(C(=O)Nc2ccc(C3=NCCCN3)cc2)ccc1C(=O)Nc1ccc(C2=NCCCN2)cc1. The second-order valence-electron chi connectivity index (χ2n) is 8.89. The molecule has 0 unspecified atom stereocenters. The van der Waals surface area contributed by atoms with Gasteiger partial charge in [-0.25, -0.2) is 0 Å². The van der Waals surface area contributed by atoms with E-state index in [4.69, 9.17) is 5.73 Å². The van der Waals surface area contributed by atoms with Gasteiger partial charge in [0.15, 0.2) is 0 Å². The molecule has 3 aromatic carbocycles. The van der Waals surface area contributed by atoms with Crippen LogP contribution in [0.3, 0.4) is 0 Å². The number of carbonyl (C=O) groups is 2. The number of nitrogens with zero attached hydrogens (tertiary/aromatic N) is 2. The lowest BCUT2D eigenvalue weighted by atomic mass is 10.1. The molecule has 0 spiro atoms. The van der Waals surface area contributed by atoms with Crippen LogP contribution in [-0.4, -0.2) is 49.7 Å². The Kier molecular flexibility index (Phi) is 7.12. The summed E-state index contributed by atoms with van der Waals surface area (Å²) in [6.07, 6.45) is 2.06. The van der Waals surface area contributed by atoms with Crippen molar-refractivity contribution >= 4 is 40.5 Å². The van der Waals surface area contributed by atoms with Crippen molar-refractivity contribution in [1.29, 1.82) is 0 Å². The van der Waals surface area contributed by atoms with Crippen molar-refractivity contribution in [3.8, 4) is 0 Å². The van der Waals surface area contributed by atoms with Crippen LogP contribution in [0.5, 0.6) is 0 Å². The van der Waals surface area contributed by atoms with Crippen LogP contribution in [0.2, 0.25) is 0 Å². The Labute approximate surface area is 215 Å². The summed E-state index contributed by atoms with van der Waals surface area (Å²) < 4.78 is 0. The molecule has 0 atom stereocenters. The number of anilines is 3. The number of benzene rings is 3. The second kappa shape index (κ2) is 10.9. The summed E-state index contributed by atoms with van der Waals surface area (Å²) in [6, 6.07) is 19.6. The number of hydrogen-bond donors (Lipinski definition) is 5. The molecule has 0 bridgehead atoms. The predicted molar refractivity (Wildman–Crippen MR) is 148 cm³/mol. The van der Waals surface area contributed by atoms with E-state index in [2.05, 4.69) is 31.3 Å². The molecule has 0 radical (unpaired) electrons. The molecule has 9 nitrogen and oxygen atoms in total. The van der Waals surface area contributed by atoms with Crippen molar-refractivity contribution in [3.05, 3.63) is 89.0 Å². The molecular weight excluding hydrogens is 466 g/mol. The van der Waals surface area contributed by atoms with Gasteiger partial charge in [-0.05, 0) is 79.6 Å². The largest absolute Gasteiger partial charge is 0.398 e. The van der Waals surface area contributed by atoms with E-state index >= 15 is 0 Å². The highest BCUT2D eigenvalue weighted by atomic mass is 16.2. The standard InChI is InChI=1S/C28H29N7O2/c29-24-17-20(27(36)34-21-8-3-18(4-9-21)25-30-13-1-14-31-25)7-12-23(24)28(37)35-22-10-5-19(6-11-22)26-32-15-2-16-33-26/h3-12,17H,1-2,13-16,29H2,(H,30,31)(H,32,33)(H,34,36)(H,35,37). The minimum Gasteiger partial charge on any atom is -0.398 e. The van der Waals surface area contributed by atoms with Crippen LogP contribution in [0.4, 0.5) is 17.1 Å². The van der Waals surface area contributed by atoms with Crippen molar-refractivity contribution < 1.29 is 9.59 Å². The molecule has 6 N–H and O–H groups in total. The van der Waals surface area contributed by atoms with Crippen molar-refractivity contribution in [1.82, 2.24) is 10.6 Å². The molecule has 37 heavy (non-hydrogen) atoms. The quantitative estimate of drug-likeness (QED) is 0.335. The van der Waals surface area contributed by atoms with Crippen LogP contribution in [0.25, 0.3) is 0 Å². The summed E-state index contributed by atoms with van der Waals surface area (Å²) in [6.45, 7) is 3.45. The number of amidine groups is 2. The van der Waals surface area contributed by atoms with Gasteiger partial charge in [0.25, 0.3) is 11.8 Å². The third-order valence-corrected chi connectivity index (χ3v) is 6.19. The number of carbonyl (C=O) groups excluding carboxylic acids is 2. The third kappa shape index (κ3) is 5.78. The van der Waals surface area contributed by atoms with Gasteiger partial charge in [-0.15, -0.1) is 0 Å². The van der Waals surface area contributed by atoms with Crippen LogP contribution in [-0.2, 0) is 0 Å². The number of aliphatic imine (C=N–C) groups is 2. The molecule has 2 heterocycles. The average Bonchev–Trinajstić information content (AvgIpc) is 2.94. The molecular formula is C28H29N7O2. The van der Waals surface area contributed by atoms with Crippen LogP contribution in [0.15, 0.2) is 76.7 Å². The number of rotatable bonds is 6. The van der Waals surface area contributed by atoms with Crippen molar-refractivity contribution in [3.63, 3.8) is 0 Å². The van der Waals surface area contributed by atoms with Gasteiger partial charge in [0.05, 0.1) is 5.56 Å². The fraction of sp³-hybridized carbons (Fsp3) is 0.214. The minimum absolute atomic E-state index is 0.222. The van der Waals surface area contributed by atoms with Gasteiger partial charge < -0.3 is 27.0 Å². The maximum absolute atomic E-state index is 12.8. The smallest absolute Gasteiger partial charge is 0.257 e. The lowest BCUT2D eigenvalue weighted by Crippen LogP contribution is -2.30. The molecule has 0 saturated carbocycles. The number of hydrogen-bond acceptors (Lipinski definition) is 7. The molecule has 0 saturated heterocycles. The first-order chi connectivity index (χ1) is 18.1. The molecule has 188 valence electrons. The normalized spacial score (nSPS) is 14.9. The highest BCUT2D eigenvalue weighted by Crippen LogP contribution is 2.19. The van der Waals surface area contributed by atoms with E-state index in [0.29, 0.717) is 22.5 Å². The Hall–Kier alpha value is -4.66. The predicted octanol–water partition coefficient (Wildman–Crippen LogP) is 3.25. The molecule has 0 aliphatic carbocycles. The van der Waals surface area contributed by atoms with Crippen LogP contribution >= 0.6 is 0 Å². The first kappa shape index (κ1) is 24.1. The van der Waals surface area contributed by atoms with Crippen molar-refractivity contribution in [2.24, 2.45) is 9.98 Å². The van der Waals surface area contributed by atoms with E-state index in [1.807, 2.05) is 48.5 Å². The topological polar surface area (TPSA) is 133 Å². The van der Waals surface area contributed by atoms with Gasteiger partial charge in [-0.3, -0.25) is 19.6 Å². The highest BCUT2D eigenvalue weighted by Gasteiger charge is 2.15. The van der Waals surface area contributed by atoms with Crippen molar-refractivity contribution in [2.75, 3.05) is 42.5 Å². The zero-order valence-corrected chi connectivity index (χ0v) is 20.4. The molecule has 0 aromatic heterocycles. The highest BCUT2D eigenvalue weighted by molar-refractivity contribution is 6.10. The molecule has 2 amide bonds. The molecule has 0 fully saturated rings. The molecule has 2 aliphatic rings. The first-order valence-electron chi connectivity index (χ1n) is 12.4. The Balaban J connectivity index is 1.21. The zero-order chi connectivity index (χ0) is 25.6. The Morgan fingerprint density at radius 2 is 1.22 bits per heavy atom. The first-order valence-corrected chi connectivity index (χ1v) is 12.4. The Morgan fingerprint density at radius 3 is 1.68 bits per heavy atom. The molecule has 9 heteroatoms. The summed E-state index contributed by atoms with van der Waals surface area (Å²) >= 11 is 0. The number of amides is 2. The van der Waals surface area contributed by atoms with Crippen LogP contribution in [0, 0.1) is 0 Å². The van der Waals surface area contributed by atoms with E-state index in [0.717, 1.165) is 61.8 Å². The summed E-state index contributed by atoms with van der Waals surface area (Å²) in [7, 11) is 0. The van der Waals surface area contributed by atoms with Gasteiger partial charge >= 0.3 is 0 Å². The zero-order valence-electron chi connectivity index (χ0n) is 20.4. The summed E-state index contributed by atoms with van der Waals surface area (Å²) in [5, 5.41) is 12.3. The average molecular weight is 496 g/mol. The van der Waals surface area contributed by atoms with E-state index < -0.39 is 0 Å². The summed E-state index contributed by atoms with van der Waals surface area (Å²) in [4.78, 5) is 34.5. The second-order valence-corrected chi connectivity index (χ2v) is 8.89. The van der Waals surface area contributed by atoms with Crippen LogP contribution in [0.1, 0.15) is 44.7 Å².